The molecule has 1 aliphatic rings. The summed E-state index contributed by atoms with van der Waals surface area (Å²) in [6.07, 6.45) is 13.8. The van der Waals surface area contributed by atoms with Crippen LogP contribution in [0.3, 0.4) is 0 Å². The van der Waals surface area contributed by atoms with Crippen molar-refractivity contribution in [1.82, 2.24) is 9.97 Å². The van der Waals surface area contributed by atoms with Gasteiger partial charge in [0, 0.05) is 41.0 Å². The van der Waals surface area contributed by atoms with Crippen molar-refractivity contribution in [2.45, 2.75) is 44.9 Å². The third kappa shape index (κ3) is 2.55. The highest BCUT2D eigenvalue weighted by molar-refractivity contribution is 6.08. The van der Waals surface area contributed by atoms with E-state index in [0.29, 0.717) is 5.78 Å². The lowest BCUT2D eigenvalue weighted by molar-refractivity contribution is 0.0900. The van der Waals surface area contributed by atoms with E-state index < -0.39 is 0 Å². The van der Waals surface area contributed by atoms with Crippen LogP contribution < -0.4 is 0 Å². The van der Waals surface area contributed by atoms with Crippen molar-refractivity contribution in [3.8, 4) is 0 Å². The number of nitrogens with zero attached hydrogens (tertiary/aromatic N) is 1. The minimum Gasteiger partial charge on any atom is -0.360 e. The molecule has 1 saturated carbocycles. The first-order valence-electron chi connectivity index (χ1n) is 7.31. The van der Waals surface area contributed by atoms with Crippen molar-refractivity contribution >= 4 is 16.7 Å². The molecule has 0 atom stereocenters. The molecule has 0 unspecified atom stereocenters. The molecule has 3 heteroatoms. The smallest absolute Gasteiger partial charge is 0.168 e. The highest BCUT2D eigenvalue weighted by atomic mass is 16.1. The Morgan fingerprint density at radius 1 is 1.16 bits per heavy atom. The van der Waals surface area contributed by atoms with Gasteiger partial charge in [-0.2, -0.15) is 0 Å². The Hall–Kier alpha value is -1.64. The molecule has 3 nitrogen and oxygen atoms in total. The van der Waals surface area contributed by atoms with Crippen LogP contribution in [0.4, 0.5) is 0 Å². The maximum absolute atomic E-state index is 12.7. The fraction of sp³-hybridized carbons (Fsp3) is 0.500. The number of ketones is 1. The van der Waals surface area contributed by atoms with Gasteiger partial charge in [-0.1, -0.05) is 32.1 Å². The number of fused-ring (bicyclic) bond motifs is 1. The maximum Gasteiger partial charge on any atom is 0.168 e. The second-order valence-electron chi connectivity index (χ2n) is 5.53. The van der Waals surface area contributed by atoms with Gasteiger partial charge in [0.1, 0.15) is 0 Å². The Kier molecular flexibility index (Phi) is 3.62. The lowest BCUT2D eigenvalue weighted by atomic mass is 9.86. The summed E-state index contributed by atoms with van der Waals surface area (Å²) >= 11 is 0. The standard InChI is InChI=1S/C16H20N2O/c19-16(12-6-4-2-1-3-5-7-12)14-11-18-15-8-9-17-10-13(14)15/h8-12,18H,1-7H2. The third-order valence-corrected chi connectivity index (χ3v) is 4.22. The number of aromatic amines is 1. The molecule has 1 fully saturated rings. The molecule has 0 radical (unpaired) electrons. The average Bonchev–Trinajstić information content (AvgIpc) is 2.81. The van der Waals surface area contributed by atoms with Crippen molar-refractivity contribution < 1.29 is 4.79 Å². The molecule has 1 N–H and O–H groups in total. The molecular formula is C16H20N2O. The second-order valence-corrected chi connectivity index (χ2v) is 5.53. The molecule has 0 spiro atoms. The van der Waals surface area contributed by atoms with E-state index in [0.717, 1.165) is 29.3 Å². The highest BCUT2D eigenvalue weighted by Crippen LogP contribution is 2.28. The first kappa shape index (κ1) is 12.4. The average molecular weight is 256 g/mol. The molecule has 2 aromatic heterocycles. The molecular weight excluding hydrogens is 236 g/mol. The number of carbonyl (C=O) groups is 1. The van der Waals surface area contributed by atoms with Gasteiger partial charge >= 0.3 is 0 Å². The van der Waals surface area contributed by atoms with Crippen LogP contribution in [-0.2, 0) is 0 Å². The SMILES string of the molecule is O=C(c1c[nH]c2ccncc12)C1CCCCCCC1. The van der Waals surface area contributed by atoms with E-state index in [2.05, 4.69) is 9.97 Å². The van der Waals surface area contributed by atoms with E-state index in [-0.39, 0.29) is 5.92 Å². The summed E-state index contributed by atoms with van der Waals surface area (Å²) in [6.45, 7) is 0. The van der Waals surface area contributed by atoms with Crippen LogP contribution in [0.15, 0.2) is 24.7 Å². The second kappa shape index (κ2) is 5.55. The van der Waals surface area contributed by atoms with E-state index in [1.807, 2.05) is 12.3 Å². The molecule has 0 aromatic carbocycles. The highest BCUT2D eigenvalue weighted by Gasteiger charge is 2.23. The van der Waals surface area contributed by atoms with E-state index in [9.17, 15) is 4.79 Å². The molecule has 1 aliphatic carbocycles. The fourth-order valence-electron chi connectivity index (χ4n) is 3.10. The molecule has 2 aromatic rings. The van der Waals surface area contributed by atoms with E-state index in [1.54, 1.807) is 12.4 Å². The summed E-state index contributed by atoms with van der Waals surface area (Å²) in [5, 5.41) is 0.967. The molecule has 0 bridgehead atoms. The molecule has 0 saturated heterocycles. The van der Waals surface area contributed by atoms with Crippen LogP contribution in [0.5, 0.6) is 0 Å². The zero-order valence-corrected chi connectivity index (χ0v) is 11.2. The van der Waals surface area contributed by atoms with Crippen molar-refractivity contribution in [2.24, 2.45) is 5.92 Å². The first-order valence-corrected chi connectivity index (χ1v) is 7.31. The number of hydrogen-bond acceptors (Lipinski definition) is 2. The molecule has 3 rings (SSSR count). The summed E-state index contributed by atoms with van der Waals surface area (Å²) in [5.74, 6) is 0.514. The lowest BCUT2D eigenvalue weighted by Gasteiger charge is -2.18. The Bertz CT molecular complexity index is 565. The summed E-state index contributed by atoms with van der Waals surface area (Å²) in [7, 11) is 0. The van der Waals surface area contributed by atoms with Crippen molar-refractivity contribution in [3.63, 3.8) is 0 Å². The van der Waals surface area contributed by atoms with E-state index >= 15 is 0 Å². The molecule has 0 amide bonds. The minimum atomic E-state index is 0.208. The lowest BCUT2D eigenvalue weighted by Crippen LogP contribution is -2.16. The van der Waals surface area contributed by atoms with Crippen LogP contribution in [-0.4, -0.2) is 15.8 Å². The summed E-state index contributed by atoms with van der Waals surface area (Å²) in [5.41, 5.74) is 1.83. The van der Waals surface area contributed by atoms with Gasteiger partial charge in [0.2, 0.25) is 0 Å². The van der Waals surface area contributed by atoms with Crippen LogP contribution in [0.2, 0.25) is 0 Å². The largest absolute Gasteiger partial charge is 0.360 e. The molecule has 0 aliphatic heterocycles. The Morgan fingerprint density at radius 2 is 1.89 bits per heavy atom. The van der Waals surface area contributed by atoms with Gasteiger partial charge in [-0.15, -0.1) is 0 Å². The van der Waals surface area contributed by atoms with Gasteiger partial charge in [-0.25, -0.2) is 0 Å². The van der Waals surface area contributed by atoms with E-state index in [1.165, 1.54) is 32.1 Å². The summed E-state index contributed by atoms with van der Waals surface area (Å²) in [4.78, 5) is 20.0. The molecule has 100 valence electrons. The quantitative estimate of drug-likeness (QED) is 0.822. The monoisotopic (exact) mass is 256 g/mol. The predicted octanol–water partition coefficient (Wildman–Crippen LogP) is 4.11. The van der Waals surface area contributed by atoms with Crippen LogP contribution in [0.25, 0.3) is 10.9 Å². The maximum atomic E-state index is 12.7. The fourth-order valence-corrected chi connectivity index (χ4v) is 3.10. The number of rotatable bonds is 2. The number of carbonyl (C=O) groups excluding carboxylic acids is 1. The zero-order chi connectivity index (χ0) is 13.1. The van der Waals surface area contributed by atoms with Gasteiger partial charge in [-0.05, 0) is 18.9 Å². The van der Waals surface area contributed by atoms with Gasteiger partial charge in [0.05, 0.1) is 0 Å². The molecule has 2 heterocycles. The summed E-state index contributed by atoms with van der Waals surface area (Å²) < 4.78 is 0. The first-order chi connectivity index (χ1) is 9.36. The van der Waals surface area contributed by atoms with Crippen LogP contribution >= 0.6 is 0 Å². The Morgan fingerprint density at radius 3 is 2.68 bits per heavy atom. The molecule has 19 heavy (non-hydrogen) atoms. The number of H-pyrrole nitrogens is 1. The topological polar surface area (TPSA) is 45.8 Å². The van der Waals surface area contributed by atoms with Crippen LogP contribution in [0.1, 0.15) is 55.3 Å². The predicted molar refractivity (Wildman–Crippen MR) is 76.2 cm³/mol. The van der Waals surface area contributed by atoms with Crippen LogP contribution in [0, 0.1) is 5.92 Å². The van der Waals surface area contributed by atoms with Crippen molar-refractivity contribution in [1.29, 1.82) is 0 Å². The number of aromatic nitrogens is 2. The van der Waals surface area contributed by atoms with E-state index in [4.69, 9.17) is 0 Å². The Balaban J connectivity index is 1.85. The van der Waals surface area contributed by atoms with Gasteiger partial charge < -0.3 is 4.98 Å². The minimum absolute atomic E-state index is 0.208. The van der Waals surface area contributed by atoms with Gasteiger partial charge in [-0.3, -0.25) is 9.78 Å². The number of hydrogen-bond donors (Lipinski definition) is 1. The number of pyridine rings is 1. The number of nitrogens with one attached hydrogen (secondary N) is 1. The zero-order valence-electron chi connectivity index (χ0n) is 11.2. The van der Waals surface area contributed by atoms with Crippen molar-refractivity contribution in [3.05, 3.63) is 30.2 Å². The van der Waals surface area contributed by atoms with Crippen molar-refractivity contribution in [2.75, 3.05) is 0 Å². The van der Waals surface area contributed by atoms with Gasteiger partial charge in [0.15, 0.2) is 5.78 Å². The third-order valence-electron chi connectivity index (χ3n) is 4.22. The normalized spacial score (nSPS) is 18.1. The van der Waals surface area contributed by atoms with Gasteiger partial charge in [0.25, 0.3) is 0 Å². The Labute approximate surface area is 113 Å². The summed E-state index contributed by atoms with van der Waals surface area (Å²) in [6, 6.07) is 1.92. The number of Topliss-reactive ketones (excluding diaryl/α,β-unsaturated/α-hetero) is 1.